The Kier molecular flexibility index (Phi) is 3.17. The van der Waals surface area contributed by atoms with Gasteiger partial charge < -0.3 is 0 Å². The molecule has 0 unspecified atom stereocenters. The fourth-order valence-electron chi connectivity index (χ4n) is 0.595. The number of pyridine rings is 1. The van der Waals surface area contributed by atoms with Gasteiger partial charge in [0.2, 0.25) is 0 Å². The maximum absolute atomic E-state index is 12.1. The number of nitrogens with zero attached hydrogens (tertiary/aromatic N) is 1. The van der Waals surface area contributed by atoms with E-state index in [1.807, 2.05) is 22.6 Å². The van der Waals surface area contributed by atoms with Crippen LogP contribution in [-0.2, 0) is 0 Å². The van der Waals surface area contributed by atoms with Crippen LogP contribution >= 0.6 is 38.5 Å². The predicted molar refractivity (Wildman–Crippen MR) is 49.6 cm³/mol. The van der Waals surface area contributed by atoms with Crippen molar-refractivity contribution in [1.29, 1.82) is 0 Å². The summed E-state index contributed by atoms with van der Waals surface area (Å²) < 4.78 is 25.2. The van der Waals surface area contributed by atoms with E-state index in [0.29, 0.717) is 8.17 Å². The van der Waals surface area contributed by atoms with Crippen molar-refractivity contribution in [3.05, 3.63) is 26.0 Å². The standard InChI is InChI=1S/C6H3BrF2IN/c7-4-2-11-5(10)1-3(4)6(8)9/h1-2,6H. The predicted octanol–water partition coefficient (Wildman–Crippen LogP) is 3.39. The van der Waals surface area contributed by atoms with E-state index < -0.39 is 6.43 Å². The van der Waals surface area contributed by atoms with Crippen LogP contribution in [0.3, 0.4) is 0 Å². The molecule has 11 heavy (non-hydrogen) atoms. The second kappa shape index (κ2) is 3.75. The molecule has 1 rings (SSSR count). The number of hydrogen-bond acceptors (Lipinski definition) is 1. The fourth-order valence-corrected chi connectivity index (χ4v) is 1.46. The third-order valence-electron chi connectivity index (χ3n) is 1.09. The van der Waals surface area contributed by atoms with Crippen molar-refractivity contribution in [3.63, 3.8) is 0 Å². The molecule has 0 aliphatic carbocycles. The van der Waals surface area contributed by atoms with Crippen LogP contribution in [0.15, 0.2) is 16.7 Å². The zero-order chi connectivity index (χ0) is 8.43. The van der Waals surface area contributed by atoms with Crippen molar-refractivity contribution in [2.24, 2.45) is 0 Å². The lowest BCUT2D eigenvalue weighted by Gasteiger charge is -2.01. The van der Waals surface area contributed by atoms with Gasteiger partial charge in [-0.25, -0.2) is 13.8 Å². The van der Waals surface area contributed by atoms with Crippen molar-refractivity contribution in [3.8, 4) is 0 Å². The van der Waals surface area contributed by atoms with Gasteiger partial charge in [-0.05, 0) is 44.6 Å². The first-order valence-electron chi connectivity index (χ1n) is 2.70. The second-order valence-electron chi connectivity index (χ2n) is 1.83. The van der Waals surface area contributed by atoms with E-state index in [9.17, 15) is 8.78 Å². The van der Waals surface area contributed by atoms with E-state index >= 15 is 0 Å². The van der Waals surface area contributed by atoms with Gasteiger partial charge >= 0.3 is 0 Å². The monoisotopic (exact) mass is 333 g/mol. The first kappa shape index (κ1) is 9.31. The zero-order valence-electron chi connectivity index (χ0n) is 5.19. The Bertz CT molecular complexity index is 267. The molecule has 0 atom stereocenters. The van der Waals surface area contributed by atoms with Gasteiger partial charge in [-0.15, -0.1) is 0 Å². The van der Waals surface area contributed by atoms with Crippen molar-refractivity contribution >= 4 is 38.5 Å². The summed E-state index contributed by atoms with van der Waals surface area (Å²) in [5.41, 5.74) is -0.00981. The molecule has 60 valence electrons. The zero-order valence-corrected chi connectivity index (χ0v) is 8.93. The average molecular weight is 334 g/mol. The molecule has 0 bridgehead atoms. The highest BCUT2D eigenvalue weighted by Gasteiger charge is 2.11. The van der Waals surface area contributed by atoms with E-state index in [1.54, 1.807) is 0 Å². The Balaban J connectivity index is 3.13. The Morgan fingerprint density at radius 3 is 2.64 bits per heavy atom. The summed E-state index contributed by atoms with van der Waals surface area (Å²) in [6.07, 6.45) is -1.07. The molecule has 0 amide bonds. The molecule has 0 aliphatic rings. The Morgan fingerprint density at radius 1 is 1.55 bits per heavy atom. The number of alkyl halides is 2. The molecule has 0 radical (unpaired) electrons. The van der Waals surface area contributed by atoms with Crippen molar-refractivity contribution in [2.75, 3.05) is 0 Å². The van der Waals surface area contributed by atoms with Gasteiger partial charge in [-0.1, -0.05) is 0 Å². The van der Waals surface area contributed by atoms with Gasteiger partial charge in [0.05, 0.1) is 0 Å². The fraction of sp³-hybridized carbons (Fsp3) is 0.167. The molecular weight excluding hydrogens is 331 g/mol. The summed E-state index contributed by atoms with van der Waals surface area (Å²) in [4.78, 5) is 3.83. The molecule has 0 saturated carbocycles. The number of rotatable bonds is 1. The minimum atomic E-state index is -2.44. The highest BCUT2D eigenvalue weighted by atomic mass is 127. The molecule has 1 aromatic heterocycles. The molecule has 1 nitrogen and oxygen atoms in total. The van der Waals surface area contributed by atoms with Gasteiger partial charge in [0.25, 0.3) is 6.43 Å². The topological polar surface area (TPSA) is 12.9 Å². The lowest BCUT2D eigenvalue weighted by Crippen LogP contribution is -1.89. The minimum Gasteiger partial charge on any atom is -0.249 e. The summed E-state index contributed by atoms with van der Waals surface area (Å²) >= 11 is 4.88. The summed E-state index contributed by atoms with van der Waals surface area (Å²) in [5, 5.41) is 0. The summed E-state index contributed by atoms with van der Waals surface area (Å²) in [6.45, 7) is 0. The van der Waals surface area contributed by atoms with E-state index in [-0.39, 0.29) is 5.56 Å². The second-order valence-corrected chi connectivity index (χ2v) is 3.79. The van der Waals surface area contributed by atoms with Crippen LogP contribution in [0.1, 0.15) is 12.0 Å². The van der Waals surface area contributed by atoms with Crippen molar-refractivity contribution in [1.82, 2.24) is 4.98 Å². The average Bonchev–Trinajstić information content (AvgIpc) is 1.94. The minimum absolute atomic E-state index is 0.00981. The quantitative estimate of drug-likeness (QED) is 0.567. The lowest BCUT2D eigenvalue weighted by atomic mass is 10.3. The maximum atomic E-state index is 12.1. The molecule has 0 N–H and O–H groups in total. The van der Waals surface area contributed by atoms with Crippen molar-refractivity contribution in [2.45, 2.75) is 6.43 Å². The smallest absolute Gasteiger partial charge is 0.249 e. The SMILES string of the molecule is FC(F)c1cc(I)ncc1Br. The highest BCUT2D eigenvalue weighted by Crippen LogP contribution is 2.27. The highest BCUT2D eigenvalue weighted by molar-refractivity contribution is 14.1. The van der Waals surface area contributed by atoms with Crippen LogP contribution in [0, 0.1) is 3.70 Å². The molecule has 0 saturated heterocycles. The van der Waals surface area contributed by atoms with Gasteiger partial charge in [0.15, 0.2) is 0 Å². The third-order valence-corrected chi connectivity index (χ3v) is 2.34. The van der Waals surface area contributed by atoms with E-state index in [1.165, 1.54) is 12.3 Å². The van der Waals surface area contributed by atoms with Crippen LogP contribution in [0.4, 0.5) is 8.78 Å². The van der Waals surface area contributed by atoms with E-state index in [2.05, 4.69) is 20.9 Å². The van der Waals surface area contributed by atoms with Gasteiger partial charge in [0.1, 0.15) is 3.70 Å². The van der Waals surface area contributed by atoms with E-state index in [4.69, 9.17) is 0 Å². The summed E-state index contributed by atoms with van der Waals surface area (Å²) in [5.74, 6) is 0. The maximum Gasteiger partial charge on any atom is 0.265 e. The van der Waals surface area contributed by atoms with Crippen molar-refractivity contribution < 1.29 is 8.78 Å². The van der Waals surface area contributed by atoms with Gasteiger partial charge in [-0.2, -0.15) is 0 Å². The van der Waals surface area contributed by atoms with Crippen LogP contribution in [0.5, 0.6) is 0 Å². The molecule has 0 spiro atoms. The van der Waals surface area contributed by atoms with Gasteiger partial charge in [-0.3, -0.25) is 0 Å². The summed E-state index contributed by atoms with van der Waals surface area (Å²) in [7, 11) is 0. The number of hydrogen-bond donors (Lipinski definition) is 0. The van der Waals surface area contributed by atoms with Gasteiger partial charge in [0, 0.05) is 16.2 Å². The third kappa shape index (κ3) is 2.33. The largest absolute Gasteiger partial charge is 0.265 e. The normalized spacial score (nSPS) is 10.6. The molecule has 0 aliphatic heterocycles. The first-order valence-corrected chi connectivity index (χ1v) is 4.57. The molecule has 0 aromatic carbocycles. The molecule has 0 fully saturated rings. The molecule has 1 heterocycles. The molecule has 1 aromatic rings. The Morgan fingerprint density at radius 2 is 2.18 bits per heavy atom. The molecule has 5 heteroatoms. The van der Waals surface area contributed by atoms with E-state index in [0.717, 1.165) is 0 Å². The van der Waals surface area contributed by atoms with Crippen LogP contribution in [0.25, 0.3) is 0 Å². The van der Waals surface area contributed by atoms with Crippen LogP contribution in [0.2, 0.25) is 0 Å². The Labute approximate surface area is 84.5 Å². The number of halogens is 4. The summed E-state index contributed by atoms with van der Waals surface area (Å²) in [6, 6.07) is 1.36. The van der Waals surface area contributed by atoms with Crippen LogP contribution in [-0.4, -0.2) is 4.98 Å². The molecular formula is C6H3BrF2IN. The lowest BCUT2D eigenvalue weighted by molar-refractivity contribution is 0.150. The first-order chi connectivity index (χ1) is 5.11. The Hall–Kier alpha value is 0.220. The number of aromatic nitrogens is 1. The van der Waals surface area contributed by atoms with Crippen LogP contribution < -0.4 is 0 Å².